The molecule has 0 heterocycles. The third-order valence-corrected chi connectivity index (χ3v) is 12.8. The van der Waals surface area contributed by atoms with Crippen molar-refractivity contribution in [3.05, 3.63) is 223 Å². The first-order valence-electron chi connectivity index (χ1n) is 19.5. The van der Waals surface area contributed by atoms with Gasteiger partial charge >= 0.3 is 0 Å². The Hall–Kier alpha value is -5.68. The van der Waals surface area contributed by atoms with Crippen LogP contribution in [0.1, 0.15) is 44.5 Å². The molecule has 2 nitrogen and oxygen atoms in total. The lowest BCUT2D eigenvalue weighted by Gasteiger charge is -2.33. The average Bonchev–Trinajstić information content (AvgIpc) is 3.66. The van der Waals surface area contributed by atoms with Crippen molar-refractivity contribution < 1.29 is 0 Å². The van der Waals surface area contributed by atoms with Crippen molar-refractivity contribution in [1.82, 2.24) is 0 Å². The maximum absolute atomic E-state index is 3.93. The standard InChI is InChI=1S/C53H40Br2N2/c1-33-5-15-39(16-6-33)56(40-17-7-34(2)8-18-40)43-23-27-47-48-28-24-44(57(41-19-9-35(3)10-20-41)42-21-11-36(4)12-22-42)32-52(48)53(51(47)31-43)49-29-37(54)13-25-45(49)46-26-14-38(55)30-50(46)53/h5-32H,1-4H3. The molecule has 0 saturated carbocycles. The fourth-order valence-electron chi connectivity index (χ4n) is 9.10. The molecule has 276 valence electrons. The normalized spacial score (nSPS) is 12.9. The molecule has 0 radical (unpaired) electrons. The van der Waals surface area contributed by atoms with E-state index in [0.717, 1.165) is 43.1 Å². The Balaban J connectivity index is 1.27. The second-order valence-corrected chi connectivity index (χ2v) is 17.4. The van der Waals surface area contributed by atoms with E-state index in [2.05, 4.69) is 239 Å². The van der Waals surface area contributed by atoms with Gasteiger partial charge in [0, 0.05) is 43.1 Å². The molecule has 0 atom stereocenters. The van der Waals surface area contributed by atoms with Crippen LogP contribution < -0.4 is 9.80 Å². The Morgan fingerprint density at radius 3 is 0.842 bits per heavy atom. The van der Waals surface area contributed by atoms with E-state index in [1.165, 1.54) is 66.8 Å². The number of rotatable bonds is 6. The summed E-state index contributed by atoms with van der Waals surface area (Å²) in [5.41, 5.74) is 21.3. The third kappa shape index (κ3) is 5.80. The van der Waals surface area contributed by atoms with Crippen LogP contribution in [-0.4, -0.2) is 0 Å². The highest BCUT2D eigenvalue weighted by Gasteiger charge is 2.52. The van der Waals surface area contributed by atoms with Crippen LogP contribution >= 0.6 is 31.9 Å². The summed E-state index contributed by atoms with van der Waals surface area (Å²) in [5.74, 6) is 0. The summed E-state index contributed by atoms with van der Waals surface area (Å²) in [5, 5.41) is 0. The molecule has 2 aliphatic carbocycles. The highest BCUT2D eigenvalue weighted by Crippen LogP contribution is 2.64. The van der Waals surface area contributed by atoms with Crippen LogP contribution in [0.15, 0.2) is 179 Å². The Morgan fingerprint density at radius 1 is 0.298 bits per heavy atom. The fourth-order valence-corrected chi connectivity index (χ4v) is 9.82. The lowest BCUT2D eigenvalue weighted by Crippen LogP contribution is -2.26. The molecule has 0 aliphatic heterocycles. The van der Waals surface area contributed by atoms with E-state index in [9.17, 15) is 0 Å². The number of hydrogen-bond donors (Lipinski definition) is 0. The summed E-state index contributed by atoms with van der Waals surface area (Å²) in [6.07, 6.45) is 0. The number of halogens is 2. The average molecular weight is 865 g/mol. The number of aryl methyl sites for hydroxylation is 4. The van der Waals surface area contributed by atoms with Gasteiger partial charge in [-0.15, -0.1) is 0 Å². The molecule has 4 heteroatoms. The van der Waals surface area contributed by atoms with E-state index in [1.54, 1.807) is 0 Å². The lowest BCUT2D eigenvalue weighted by molar-refractivity contribution is 0.792. The number of hydrogen-bond acceptors (Lipinski definition) is 2. The Labute approximate surface area is 352 Å². The summed E-state index contributed by atoms with van der Waals surface area (Å²) < 4.78 is 2.13. The van der Waals surface area contributed by atoms with Crippen LogP contribution in [0, 0.1) is 27.7 Å². The molecule has 8 aromatic carbocycles. The highest BCUT2D eigenvalue weighted by molar-refractivity contribution is 9.10. The van der Waals surface area contributed by atoms with Gasteiger partial charge in [-0.05, 0) is 169 Å². The Bertz CT molecular complexity index is 2550. The van der Waals surface area contributed by atoms with Gasteiger partial charge in [0.15, 0.2) is 0 Å². The molecule has 57 heavy (non-hydrogen) atoms. The monoisotopic (exact) mass is 862 g/mol. The number of benzene rings is 8. The maximum Gasteiger partial charge on any atom is 0.0727 e. The second-order valence-electron chi connectivity index (χ2n) is 15.6. The van der Waals surface area contributed by atoms with Gasteiger partial charge in [-0.25, -0.2) is 0 Å². The van der Waals surface area contributed by atoms with Crippen molar-refractivity contribution in [3.8, 4) is 22.3 Å². The van der Waals surface area contributed by atoms with Crippen molar-refractivity contribution in [2.75, 3.05) is 9.80 Å². The molecule has 8 aromatic rings. The Morgan fingerprint density at radius 2 is 0.544 bits per heavy atom. The quantitative estimate of drug-likeness (QED) is 0.164. The van der Waals surface area contributed by atoms with Gasteiger partial charge in [0.1, 0.15) is 0 Å². The minimum Gasteiger partial charge on any atom is -0.310 e. The third-order valence-electron chi connectivity index (χ3n) is 11.9. The SMILES string of the molecule is Cc1ccc(N(c2ccc(C)cc2)c2ccc3c(c2)C2(c4cc(Br)ccc4-c4ccc(Br)cc42)c2cc(N(c4ccc(C)cc4)c4ccc(C)cc4)ccc2-3)cc1. The molecule has 0 amide bonds. The molecule has 0 aromatic heterocycles. The summed E-state index contributed by atoms with van der Waals surface area (Å²) in [4.78, 5) is 4.80. The van der Waals surface area contributed by atoms with Gasteiger partial charge in [-0.3, -0.25) is 0 Å². The number of fused-ring (bicyclic) bond motifs is 10. The molecule has 0 N–H and O–H groups in total. The van der Waals surface area contributed by atoms with Crippen LogP contribution in [0.3, 0.4) is 0 Å². The van der Waals surface area contributed by atoms with Crippen LogP contribution in [-0.2, 0) is 5.41 Å². The maximum atomic E-state index is 3.93. The van der Waals surface area contributed by atoms with Crippen molar-refractivity contribution >= 4 is 66.0 Å². The predicted molar refractivity (Wildman–Crippen MR) is 246 cm³/mol. The molecule has 0 bridgehead atoms. The summed E-state index contributed by atoms with van der Waals surface area (Å²) in [7, 11) is 0. The first-order valence-corrected chi connectivity index (χ1v) is 21.0. The minimum absolute atomic E-state index is 0.590. The minimum atomic E-state index is -0.590. The highest BCUT2D eigenvalue weighted by atomic mass is 79.9. The molecule has 2 aliphatic rings. The van der Waals surface area contributed by atoms with Gasteiger partial charge in [0.05, 0.1) is 5.41 Å². The van der Waals surface area contributed by atoms with Crippen molar-refractivity contribution in [3.63, 3.8) is 0 Å². The van der Waals surface area contributed by atoms with Crippen LogP contribution in [0.2, 0.25) is 0 Å². The molecular weight excluding hydrogens is 824 g/mol. The van der Waals surface area contributed by atoms with Crippen LogP contribution in [0.25, 0.3) is 22.3 Å². The summed E-state index contributed by atoms with van der Waals surface area (Å²) in [6, 6.07) is 63.4. The zero-order valence-electron chi connectivity index (χ0n) is 32.3. The molecule has 0 saturated heterocycles. The molecular formula is C53H40Br2N2. The molecule has 10 rings (SSSR count). The van der Waals surface area contributed by atoms with E-state index in [4.69, 9.17) is 0 Å². The lowest BCUT2D eigenvalue weighted by atomic mass is 9.70. The first-order chi connectivity index (χ1) is 27.7. The van der Waals surface area contributed by atoms with Crippen molar-refractivity contribution in [2.45, 2.75) is 33.1 Å². The second kappa shape index (κ2) is 13.8. The number of anilines is 6. The van der Waals surface area contributed by atoms with E-state index < -0.39 is 5.41 Å². The van der Waals surface area contributed by atoms with E-state index in [1.807, 2.05) is 0 Å². The predicted octanol–water partition coefficient (Wildman–Crippen LogP) is 15.7. The van der Waals surface area contributed by atoms with Crippen LogP contribution in [0.5, 0.6) is 0 Å². The topological polar surface area (TPSA) is 6.48 Å². The smallest absolute Gasteiger partial charge is 0.0727 e. The van der Waals surface area contributed by atoms with Crippen LogP contribution in [0.4, 0.5) is 34.1 Å². The summed E-state index contributed by atoms with van der Waals surface area (Å²) in [6.45, 7) is 8.59. The zero-order valence-corrected chi connectivity index (χ0v) is 35.5. The van der Waals surface area contributed by atoms with E-state index in [-0.39, 0.29) is 0 Å². The van der Waals surface area contributed by atoms with Crippen molar-refractivity contribution in [1.29, 1.82) is 0 Å². The van der Waals surface area contributed by atoms with Gasteiger partial charge in [-0.2, -0.15) is 0 Å². The fraction of sp³-hybridized carbons (Fsp3) is 0.0943. The Kier molecular flexibility index (Phi) is 8.62. The number of nitrogens with zero attached hydrogens (tertiary/aromatic N) is 2. The van der Waals surface area contributed by atoms with Gasteiger partial charge in [0.2, 0.25) is 0 Å². The first kappa shape index (κ1) is 35.7. The summed E-state index contributed by atoms with van der Waals surface area (Å²) >= 11 is 7.86. The van der Waals surface area contributed by atoms with Gasteiger partial charge in [-0.1, -0.05) is 127 Å². The van der Waals surface area contributed by atoms with E-state index >= 15 is 0 Å². The van der Waals surface area contributed by atoms with Crippen molar-refractivity contribution in [2.24, 2.45) is 0 Å². The largest absolute Gasteiger partial charge is 0.310 e. The van der Waals surface area contributed by atoms with E-state index in [0.29, 0.717) is 0 Å². The molecule has 1 spiro atoms. The van der Waals surface area contributed by atoms with Gasteiger partial charge < -0.3 is 9.80 Å². The molecule has 0 fully saturated rings. The zero-order chi connectivity index (χ0) is 39.0. The van der Waals surface area contributed by atoms with Gasteiger partial charge in [0.25, 0.3) is 0 Å². The molecule has 0 unspecified atom stereocenters.